The second kappa shape index (κ2) is 6.02. The lowest BCUT2D eigenvalue weighted by Gasteiger charge is -2.28. The van der Waals surface area contributed by atoms with Crippen molar-refractivity contribution in [3.63, 3.8) is 0 Å². The number of nitrogens with one attached hydrogen (secondary N) is 1. The normalized spacial score (nSPS) is 11.3. The maximum atomic E-state index is 13.0. The van der Waals surface area contributed by atoms with Crippen LogP contribution >= 0.6 is 0 Å². The Morgan fingerprint density at radius 1 is 1.47 bits per heavy atom. The van der Waals surface area contributed by atoms with E-state index >= 15 is 0 Å². The third kappa shape index (κ3) is 4.87. The minimum atomic E-state index is -0.953. The van der Waals surface area contributed by atoms with Gasteiger partial charge in [-0.25, -0.2) is 9.18 Å². The van der Waals surface area contributed by atoms with E-state index < -0.39 is 5.60 Å². The van der Waals surface area contributed by atoms with Gasteiger partial charge in [-0.3, -0.25) is 0 Å². The number of urea groups is 1. The number of rotatable bonds is 4. The molecule has 19 heavy (non-hydrogen) atoms. The Hall–Kier alpha value is -1.62. The summed E-state index contributed by atoms with van der Waals surface area (Å²) in [5, 5.41) is 12.5. The summed E-state index contributed by atoms with van der Waals surface area (Å²) in [6, 6.07) is 3.89. The quantitative estimate of drug-likeness (QED) is 0.882. The molecule has 0 heterocycles. The molecule has 0 radical (unpaired) electrons. The molecule has 0 saturated carbocycles. The summed E-state index contributed by atoms with van der Waals surface area (Å²) in [6.45, 7) is 7.57. The van der Waals surface area contributed by atoms with E-state index in [0.717, 1.165) is 0 Å². The number of nitrogens with zero attached hydrogens (tertiary/aromatic N) is 1. The lowest BCUT2D eigenvalue weighted by Crippen LogP contribution is -2.44. The van der Waals surface area contributed by atoms with Crippen molar-refractivity contribution in [2.24, 2.45) is 0 Å². The van der Waals surface area contributed by atoms with Crippen molar-refractivity contribution < 1.29 is 14.3 Å². The standard InChI is InChI=1S/C14H21FN2O2/c1-5-17(9-14(3,4)19)13(18)16-12-7-6-11(15)8-10(12)2/h6-8,19H,5,9H2,1-4H3,(H,16,18). The molecule has 0 aromatic heterocycles. The Labute approximate surface area is 113 Å². The zero-order valence-electron chi connectivity index (χ0n) is 11.8. The monoisotopic (exact) mass is 268 g/mol. The van der Waals surface area contributed by atoms with Crippen molar-refractivity contribution in [1.82, 2.24) is 4.90 Å². The first-order valence-corrected chi connectivity index (χ1v) is 6.27. The van der Waals surface area contributed by atoms with Gasteiger partial charge in [-0.1, -0.05) is 0 Å². The fourth-order valence-electron chi connectivity index (χ4n) is 1.76. The highest BCUT2D eigenvalue weighted by molar-refractivity contribution is 5.90. The largest absolute Gasteiger partial charge is 0.389 e. The summed E-state index contributed by atoms with van der Waals surface area (Å²) >= 11 is 0. The number of hydrogen-bond acceptors (Lipinski definition) is 2. The maximum absolute atomic E-state index is 13.0. The fourth-order valence-corrected chi connectivity index (χ4v) is 1.76. The Morgan fingerprint density at radius 3 is 2.58 bits per heavy atom. The number of amides is 2. The van der Waals surface area contributed by atoms with Crippen molar-refractivity contribution >= 4 is 11.7 Å². The number of anilines is 1. The number of aryl methyl sites for hydroxylation is 1. The van der Waals surface area contributed by atoms with Crippen LogP contribution in [-0.4, -0.2) is 34.7 Å². The topological polar surface area (TPSA) is 52.6 Å². The molecule has 0 spiro atoms. The van der Waals surface area contributed by atoms with Crippen LogP contribution in [0.2, 0.25) is 0 Å². The lowest BCUT2D eigenvalue weighted by atomic mass is 10.1. The van der Waals surface area contributed by atoms with E-state index in [4.69, 9.17) is 0 Å². The highest BCUT2D eigenvalue weighted by Gasteiger charge is 2.21. The Kier molecular flexibility index (Phi) is 4.89. The van der Waals surface area contributed by atoms with Crippen LogP contribution < -0.4 is 5.32 Å². The molecule has 1 aromatic rings. The first-order valence-electron chi connectivity index (χ1n) is 6.27. The molecule has 0 aliphatic heterocycles. The molecule has 5 heteroatoms. The molecule has 4 nitrogen and oxygen atoms in total. The van der Waals surface area contributed by atoms with E-state index in [-0.39, 0.29) is 18.4 Å². The number of carbonyl (C=O) groups is 1. The van der Waals surface area contributed by atoms with Crippen LogP contribution in [0.15, 0.2) is 18.2 Å². The van der Waals surface area contributed by atoms with Gasteiger partial charge in [0.1, 0.15) is 5.82 Å². The summed E-state index contributed by atoms with van der Waals surface area (Å²) in [6.07, 6.45) is 0. The van der Waals surface area contributed by atoms with Gasteiger partial charge in [0.05, 0.1) is 12.1 Å². The molecule has 0 aliphatic rings. The number of halogens is 1. The molecule has 0 saturated heterocycles. The van der Waals surface area contributed by atoms with Crippen molar-refractivity contribution in [3.8, 4) is 0 Å². The zero-order chi connectivity index (χ0) is 14.6. The molecule has 106 valence electrons. The van der Waals surface area contributed by atoms with Crippen LogP contribution in [0, 0.1) is 12.7 Å². The predicted octanol–water partition coefficient (Wildman–Crippen LogP) is 2.76. The summed E-state index contributed by atoms with van der Waals surface area (Å²) < 4.78 is 13.0. The Bertz CT molecular complexity index is 455. The lowest BCUT2D eigenvalue weighted by molar-refractivity contribution is 0.0501. The predicted molar refractivity (Wildman–Crippen MR) is 73.7 cm³/mol. The molecule has 0 aliphatic carbocycles. The van der Waals surface area contributed by atoms with Crippen LogP contribution in [0.1, 0.15) is 26.3 Å². The zero-order valence-corrected chi connectivity index (χ0v) is 11.8. The minimum Gasteiger partial charge on any atom is -0.389 e. The second-order valence-corrected chi connectivity index (χ2v) is 5.22. The SMILES string of the molecule is CCN(CC(C)(C)O)C(=O)Nc1ccc(F)cc1C. The van der Waals surface area contributed by atoms with E-state index in [1.165, 1.54) is 23.1 Å². The third-order valence-electron chi connectivity index (χ3n) is 2.68. The van der Waals surface area contributed by atoms with Crippen molar-refractivity contribution in [1.29, 1.82) is 0 Å². The maximum Gasteiger partial charge on any atom is 0.321 e. The van der Waals surface area contributed by atoms with Gasteiger partial charge in [0, 0.05) is 12.2 Å². The first kappa shape index (κ1) is 15.4. The summed E-state index contributed by atoms with van der Waals surface area (Å²) in [7, 11) is 0. The number of aliphatic hydroxyl groups is 1. The van der Waals surface area contributed by atoms with Gasteiger partial charge in [-0.05, 0) is 51.5 Å². The number of carbonyl (C=O) groups excluding carboxylic acids is 1. The summed E-state index contributed by atoms with van der Waals surface area (Å²) in [5.74, 6) is -0.334. The number of benzene rings is 1. The fraction of sp³-hybridized carbons (Fsp3) is 0.500. The number of hydrogen-bond donors (Lipinski definition) is 2. The van der Waals surface area contributed by atoms with Gasteiger partial charge in [0.25, 0.3) is 0 Å². The van der Waals surface area contributed by atoms with E-state index in [1.54, 1.807) is 20.8 Å². The van der Waals surface area contributed by atoms with Crippen molar-refractivity contribution in [3.05, 3.63) is 29.6 Å². The first-order chi connectivity index (χ1) is 8.73. The van der Waals surface area contributed by atoms with Gasteiger partial charge >= 0.3 is 6.03 Å². The summed E-state index contributed by atoms with van der Waals surface area (Å²) in [4.78, 5) is 13.6. The molecule has 0 bridgehead atoms. The van der Waals surface area contributed by atoms with E-state index in [2.05, 4.69) is 5.32 Å². The average molecular weight is 268 g/mol. The van der Waals surface area contributed by atoms with Gasteiger partial charge in [0.2, 0.25) is 0 Å². The van der Waals surface area contributed by atoms with Crippen molar-refractivity contribution in [2.75, 3.05) is 18.4 Å². The van der Waals surface area contributed by atoms with Crippen LogP contribution in [0.5, 0.6) is 0 Å². The summed E-state index contributed by atoms with van der Waals surface area (Å²) in [5.41, 5.74) is 0.277. The molecule has 1 rings (SSSR count). The molecule has 0 fully saturated rings. The van der Waals surface area contributed by atoms with Crippen LogP contribution in [-0.2, 0) is 0 Å². The third-order valence-corrected chi connectivity index (χ3v) is 2.68. The van der Waals surface area contributed by atoms with Gasteiger partial charge in [-0.2, -0.15) is 0 Å². The van der Waals surface area contributed by atoms with E-state index in [9.17, 15) is 14.3 Å². The molecular formula is C14H21FN2O2. The Balaban J connectivity index is 2.77. The molecular weight excluding hydrogens is 247 g/mol. The Morgan fingerprint density at radius 2 is 2.11 bits per heavy atom. The molecule has 0 unspecified atom stereocenters. The van der Waals surface area contributed by atoms with Crippen LogP contribution in [0.25, 0.3) is 0 Å². The molecule has 0 atom stereocenters. The molecule has 2 amide bonds. The van der Waals surface area contributed by atoms with Crippen molar-refractivity contribution in [2.45, 2.75) is 33.3 Å². The highest BCUT2D eigenvalue weighted by Crippen LogP contribution is 2.16. The smallest absolute Gasteiger partial charge is 0.321 e. The number of likely N-dealkylation sites (N-methyl/N-ethyl adjacent to an activating group) is 1. The second-order valence-electron chi connectivity index (χ2n) is 5.22. The van der Waals surface area contributed by atoms with Gasteiger partial charge in [-0.15, -0.1) is 0 Å². The molecule has 1 aromatic carbocycles. The minimum absolute atomic E-state index is 0.232. The van der Waals surface area contributed by atoms with E-state index in [1.807, 2.05) is 6.92 Å². The molecule has 2 N–H and O–H groups in total. The van der Waals surface area contributed by atoms with Crippen LogP contribution in [0.3, 0.4) is 0 Å². The van der Waals surface area contributed by atoms with Crippen LogP contribution in [0.4, 0.5) is 14.9 Å². The van der Waals surface area contributed by atoms with Gasteiger partial charge < -0.3 is 15.3 Å². The highest BCUT2D eigenvalue weighted by atomic mass is 19.1. The van der Waals surface area contributed by atoms with E-state index in [0.29, 0.717) is 17.8 Å². The average Bonchev–Trinajstić information content (AvgIpc) is 2.28. The van der Waals surface area contributed by atoms with Gasteiger partial charge in [0.15, 0.2) is 0 Å².